The van der Waals surface area contributed by atoms with Crippen LogP contribution >= 0.6 is 0 Å². The summed E-state index contributed by atoms with van der Waals surface area (Å²) in [6.07, 6.45) is 3.87. The van der Waals surface area contributed by atoms with Gasteiger partial charge in [-0.15, -0.1) is 0 Å². The van der Waals surface area contributed by atoms with E-state index in [1.54, 1.807) is 0 Å². The summed E-state index contributed by atoms with van der Waals surface area (Å²) in [6, 6.07) is 7.99. The van der Waals surface area contributed by atoms with E-state index >= 15 is 0 Å². The Morgan fingerprint density at radius 3 is 2.39 bits per heavy atom. The molecule has 0 aliphatic heterocycles. The third-order valence-corrected chi connectivity index (χ3v) is 1.95. The molecule has 0 aliphatic rings. The van der Waals surface area contributed by atoms with E-state index in [4.69, 9.17) is 0 Å². The van der Waals surface area contributed by atoms with Gasteiger partial charge in [0.2, 0.25) is 0 Å². The normalized spacial score (nSPS) is 10.7. The topological polar surface area (TPSA) is 32.6 Å². The Kier molecular flexibility index (Phi) is 4.88. The third kappa shape index (κ3) is 5.47. The highest BCUT2D eigenvalue weighted by Crippen LogP contribution is 2.10. The Hall–Kier alpha value is -1.86. The highest BCUT2D eigenvalue weighted by Gasteiger charge is 2.20. The van der Waals surface area contributed by atoms with Gasteiger partial charge < -0.3 is 22.2 Å². The van der Waals surface area contributed by atoms with Gasteiger partial charge in [0, 0.05) is 17.4 Å². The van der Waals surface area contributed by atoms with Crippen molar-refractivity contribution in [1.29, 1.82) is 0 Å². The lowest BCUT2D eigenvalue weighted by atomic mass is 10.3. The molecule has 1 N–H and O–H groups in total. The molecule has 2 rings (SSSR count). The van der Waals surface area contributed by atoms with E-state index in [0.29, 0.717) is 0 Å². The first-order chi connectivity index (χ1) is 8.40. The first-order valence-corrected chi connectivity index (χ1v) is 5.28. The molecule has 2 aromatic rings. The quantitative estimate of drug-likeness (QED) is 0.503. The van der Waals surface area contributed by atoms with Gasteiger partial charge in [0.25, 0.3) is 0 Å². The van der Waals surface area contributed by atoms with Crippen molar-refractivity contribution in [2.45, 2.75) is 13.5 Å². The van der Waals surface area contributed by atoms with Gasteiger partial charge in [-0.1, -0.05) is 4.68 Å². The fourth-order valence-electron chi connectivity index (χ4n) is 1.25. The van der Waals surface area contributed by atoms with E-state index in [9.17, 15) is 17.3 Å². The molecule has 3 nitrogen and oxygen atoms in total. The Bertz CT molecular complexity index is 464. The van der Waals surface area contributed by atoms with E-state index < -0.39 is 7.25 Å². The molecule has 18 heavy (non-hydrogen) atoms. The van der Waals surface area contributed by atoms with Gasteiger partial charge in [0.05, 0.1) is 5.69 Å². The summed E-state index contributed by atoms with van der Waals surface area (Å²) in [5.41, 5.74) is 2.04. The zero-order valence-electron chi connectivity index (χ0n) is 9.65. The zero-order chi connectivity index (χ0) is 13.6. The molecule has 0 radical (unpaired) electrons. The van der Waals surface area contributed by atoms with Crippen molar-refractivity contribution < 1.29 is 21.9 Å². The number of nitrogens with one attached hydrogen (secondary N) is 1. The van der Waals surface area contributed by atoms with E-state index in [0.717, 1.165) is 17.9 Å². The fraction of sp³-hybridized carbons (Fsp3) is 0.200. The average molecular weight is 261 g/mol. The van der Waals surface area contributed by atoms with Gasteiger partial charge in [-0.25, -0.2) is 0 Å². The number of nitrogens with zero attached hydrogens (tertiary/aromatic N) is 2. The maximum Gasteiger partial charge on any atom is 0.673 e. The highest BCUT2D eigenvalue weighted by molar-refractivity contribution is 6.50. The molecule has 0 spiro atoms. The SMILES string of the molecule is CC[n+]1cccc(-c2ccc[nH]2)n1.F[B-](F)(F)F. The van der Waals surface area contributed by atoms with Crippen LogP contribution in [-0.2, 0) is 6.54 Å². The summed E-state index contributed by atoms with van der Waals surface area (Å²) in [5.74, 6) is 0. The predicted molar refractivity (Wildman–Crippen MR) is 60.1 cm³/mol. The number of halogens is 4. The maximum atomic E-state index is 9.75. The summed E-state index contributed by atoms with van der Waals surface area (Å²) in [6.45, 7) is 2.97. The van der Waals surface area contributed by atoms with Gasteiger partial charge in [-0.05, 0) is 25.1 Å². The van der Waals surface area contributed by atoms with E-state index in [-0.39, 0.29) is 0 Å². The number of aromatic amines is 1. The lowest BCUT2D eigenvalue weighted by molar-refractivity contribution is -0.750. The fourth-order valence-corrected chi connectivity index (χ4v) is 1.25. The van der Waals surface area contributed by atoms with Gasteiger partial charge in [-0.2, -0.15) is 0 Å². The lowest BCUT2D eigenvalue weighted by Gasteiger charge is -1.94. The molecule has 8 heteroatoms. The zero-order valence-corrected chi connectivity index (χ0v) is 9.65. The number of rotatable bonds is 2. The second-order valence-electron chi connectivity index (χ2n) is 3.33. The van der Waals surface area contributed by atoms with Crippen LogP contribution in [0.15, 0.2) is 36.7 Å². The minimum absolute atomic E-state index is 0.897. The minimum Gasteiger partial charge on any atom is -0.418 e. The first-order valence-electron chi connectivity index (χ1n) is 5.28. The molecule has 0 aliphatic carbocycles. The molecule has 98 valence electrons. The molecule has 2 heterocycles. The van der Waals surface area contributed by atoms with E-state index in [2.05, 4.69) is 17.0 Å². The molecule has 2 aromatic heterocycles. The molecular formula is C10H12BF4N3. The van der Waals surface area contributed by atoms with Crippen LogP contribution in [0.5, 0.6) is 0 Å². The second-order valence-corrected chi connectivity index (χ2v) is 3.33. The molecule has 0 fully saturated rings. The summed E-state index contributed by atoms with van der Waals surface area (Å²) < 4.78 is 40.9. The van der Waals surface area contributed by atoms with Crippen LogP contribution in [0.2, 0.25) is 0 Å². The lowest BCUT2D eigenvalue weighted by Crippen LogP contribution is -2.36. The monoisotopic (exact) mass is 261 g/mol. The molecule has 0 atom stereocenters. The van der Waals surface area contributed by atoms with Crippen LogP contribution in [0, 0.1) is 0 Å². The Morgan fingerprint density at radius 2 is 1.89 bits per heavy atom. The Balaban J connectivity index is 0.000000280. The number of hydrogen-bond acceptors (Lipinski definition) is 1. The van der Waals surface area contributed by atoms with E-state index in [1.807, 2.05) is 41.3 Å². The maximum absolute atomic E-state index is 9.75. The van der Waals surface area contributed by atoms with Crippen molar-refractivity contribution >= 4 is 7.25 Å². The van der Waals surface area contributed by atoms with Crippen molar-refractivity contribution in [3.8, 4) is 11.4 Å². The molecule has 0 saturated carbocycles. The summed E-state index contributed by atoms with van der Waals surface area (Å²) in [4.78, 5) is 3.13. The average Bonchev–Trinajstić information content (AvgIpc) is 2.80. The van der Waals surface area contributed by atoms with Gasteiger partial charge in [0.15, 0.2) is 18.4 Å². The molecule has 0 bridgehead atoms. The third-order valence-electron chi connectivity index (χ3n) is 1.95. The highest BCUT2D eigenvalue weighted by atomic mass is 19.5. The van der Waals surface area contributed by atoms with Crippen LogP contribution in [0.1, 0.15) is 6.92 Å². The standard InChI is InChI=1S/C10H12N3.BF4/c1-2-13-8-4-6-10(12-13)9-5-3-7-11-9;2-1(3,4)5/h3-8,11H,2H2,1H3;/q+1;-1. The van der Waals surface area contributed by atoms with Crippen molar-refractivity contribution in [3.63, 3.8) is 0 Å². The van der Waals surface area contributed by atoms with Crippen molar-refractivity contribution in [2.75, 3.05) is 0 Å². The number of aryl methyl sites for hydroxylation is 1. The molecular weight excluding hydrogens is 249 g/mol. The summed E-state index contributed by atoms with van der Waals surface area (Å²) in [7, 11) is -6.00. The molecule has 0 amide bonds. The minimum atomic E-state index is -6.00. The molecule has 0 saturated heterocycles. The van der Waals surface area contributed by atoms with Crippen molar-refractivity contribution in [3.05, 3.63) is 36.7 Å². The van der Waals surface area contributed by atoms with Gasteiger partial charge in [0.1, 0.15) is 0 Å². The Morgan fingerprint density at radius 1 is 1.22 bits per heavy atom. The van der Waals surface area contributed by atoms with Crippen LogP contribution < -0.4 is 4.68 Å². The smallest absolute Gasteiger partial charge is 0.418 e. The molecule has 0 aromatic carbocycles. The number of hydrogen-bond donors (Lipinski definition) is 1. The van der Waals surface area contributed by atoms with Crippen LogP contribution in [0.4, 0.5) is 17.3 Å². The van der Waals surface area contributed by atoms with Gasteiger partial charge in [-0.3, -0.25) is 0 Å². The van der Waals surface area contributed by atoms with Crippen LogP contribution in [0.3, 0.4) is 0 Å². The van der Waals surface area contributed by atoms with Crippen LogP contribution in [0.25, 0.3) is 11.4 Å². The Labute approximate surface area is 102 Å². The van der Waals surface area contributed by atoms with Crippen molar-refractivity contribution in [1.82, 2.24) is 10.1 Å². The van der Waals surface area contributed by atoms with Crippen molar-refractivity contribution in [2.24, 2.45) is 0 Å². The van der Waals surface area contributed by atoms with E-state index in [1.165, 1.54) is 0 Å². The first kappa shape index (κ1) is 14.2. The second kappa shape index (κ2) is 6.18. The summed E-state index contributed by atoms with van der Waals surface area (Å²) >= 11 is 0. The largest absolute Gasteiger partial charge is 0.673 e. The van der Waals surface area contributed by atoms with Gasteiger partial charge >= 0.3 is 7.25 Å². The summed E-state index contributed by atoms with van der Waals surface area (Å²) in [5, 5.41) is 4.42. The number of aromatic nitrogens is 3. The van der Waals surface area contributed by atoms with Crippen LogP contribution in [-0.4, -0.2) is 17.3 Å². The number of H-pyrrole nitrogens is 1. The molecule has 0 unspecified atom stereocenters. The predicted octanol–water partition coefficient (Wildman–Crippen LogP) is 2.68.